The van der Waals surface area contributed by atoms with Gasteiger partial charge in [-0.05, 0) is 57.5 Å². The van der Waals surface area contributed by atoms with Crippen molar-refractivity contribution < 1.29 is 4.39 Å². The van der Waals surface area contributed by atoms with Crippen molar-refractivity contribution >= 4 is 35.6 Å². The fourth-order valence-corrected chi connectivity index (χ4v) is 3.56. The van der Waals surface area contributed by atoms with Gasteiger partial charge >= 0.3 is 0 Å². The van der Waals surface area contributed by atoms with Gasteiger partial charge in [-0.25, -0.2) is 4.39 Å². The topological polar surface area (TPSA) is 48.7 Å². The summed E-state index contributed by atoms with van der Waals surface area (Å²) in [6.45, 7) is 12.4. The minimum atomic E-state index is -0.190. The Labute approximate surface area is 190 Å². The van der Waals surface area contributed by atoms with E-state index in [0.29, 0.717) is 0 Å². The molecule has 1 aliphatic heterocycles. The summed E-state index contributed by atoms with van der Waals surface area (Å²) < 4.78 is 15.2. The van der Waals surface area contributed by atoms with Crippen molar-refractivity contribution in [2.75, 3.05) is 44.2 Å². The molecule has 0 saturated carbocycles. The summed E-state index contributed by atoms with van der Waals surface area (Å²) in [4.78, 5) is 9.43. The lowest BCUT2D eigenvalue weighted by Crippen LogP contribution is -2.52. The highest BCUT2D eigenvalue weighted by molar-refractivity contribution is 14.0. The molecule has 2 heterocycles. The van der Waals surface area contributed by atoms with Gasteiger partial charge in [0.25, 0.3) is 0 Å². The zero-order valence-corrected chi connectivity index (χ0v) is 19.9. The number of aromatic nitrogens is 2. The third-order valence-electron chi connectivity index (χ3n) is 5.00. The third-order valence-corrected chi connectivity index (χ3v) is 5.00. The normalized spacial score (nSPS) is 14.7. The lowest BCUT2D eigenvalue weighted by Gasteiger charge is -2.37. The minimum absolute atomic E-state index is 0. The molecule has 1 aromatic heterocycles. The fraction of sp³-hybridized carbons (Fsp3) is 0.524. The van der Waals surface area contributed by atoms with Gasteiger partial charge in [-0.3, -0.25) is 9.67 Å². The number of rotatable bonds is 6. The van der Waals surface area contributed by atoms with Crippen LogP contribution in [0.1, 0.15) is 24.7 Å². The Hall–Kier alpha value is -1.84. The summed E-state index contributed by atoms with van der Waals surface area (Å²) in [6, 6.07) is 8.85. The van der Waals surface area contributed by atoms with Crippen LogP contribution in [0, 0.1) is 19.7 Å². The van der Waals surface area contributed by atoms with E-state index in [4.69, 9.17) is 4.99 Å². The largest absolute Gasteiger partial charge is 0.368 e. The third kappa shape index (κ3) is 6.58. The zero-order valence-electron chi connectivity index (χ0n) is 17.6. The van der Waals surface area contributed by atoms with E-state index in [2.05, 4.69) is 44.8 Å². The molecule has 6 nitrogen and oxygen atoms in total. The van der Waals surface area contributed by atoms with E-state index in [9.17, 15) is 4.39 Å². The number of aliphatic imine (C=N–C) groups is 1. The molecule has 0 unspecified atom stereocenters. The second-order valence-electron chi connectivity index (χ2n) is 7.19. The van der Waals surface area contributed by atoms with Crippen molar-refractivity contribution in [1.82, 2.24) is 20.0 Å². The maximum Gasteiger partial charge on any atom is 0.194 e. The molecule has 1 saturated heterocycles. The molecule has 1 aromatic carbocycles. The van der Waals surface area contributed by atoms with Gasteiger partial charge in [-0.2, -0.15) is 5.10 Å². The molecular weight excluding hydrogens is 482 g/mol. The number of aryl methyl sites for hydroxylation is 3. The zero-order chi connectivity index (χ0) is 19.9. The van der Waals surface area contributed by atoms with Crippen LogP contribution >= 0.6 is 24.0 Å². The monoisotopic (exact) mass is 514 g/mol. The average Bonchev–Trinajstić information content (AvgIpc) is 3.02. The number of halogens is 2. The van der Waals surface area contributed by atoms with Crippen LogP contribution in [0.2, 0.25) is 0 Å². The average molecular weight is 514 g/mol. The van der Waals surface area contributed by atoms with E-state index < -0.39 is 0 Å². The first-order valence-corrected chi connectivity index (χ1v) is 10.1. The molecule has 0 spiro atoms. The summed E-state index contributed by atoms with van der Waals surface area (Å²) in [5.41, 5.74) is 3.34. The van der Waals surface area contributed by atoms with Crippen molar-refractivity contribution in [3.8, 4) is 0 Å². The number of hydrogen-bond acceptors (Lipinski definition) is 3. The molecule has 8 heteroatoms. The molecule has 160 valence electrons. The van der Waals surface area contributed by atoms with Gasteiger partial charge in [-0.15, -0.1) is 24.0 Å². The van der Waals surface area contributed by atoms with Crippen LogP contribution in [-0.4, -0.2) is 59.9 Å². The first-order chi connectivity index (χ1) is 13.6. The van der Waals surface area contributed by atoms with Crippen LogP contribution in [0.15, 0.2) is 35.3 Å². The van der Waals surface area contributed by atoms with Crippen LogP contribution in [0.3, 0.4) is 0 Å². The molecular formula is C21H32FIN6. The summed E-state index contributed by atoms with van der Waals surface area (Å²) in [5.74, 6) is 0.791. The van der Waals surface area contributed by atoms with Crippen LogP contribution in [0.5, 0.6) is 0 Å². The predicted molar refractivity (Wildman–Crippen MR) is 128 cm³/mol. The van der Waals surface area contributed by atoms with Gasteiger partial charge in [0, 0.05) is 57.2 Å². The molecule has 0 amide bonds. The standard InChI is InChI=1S/C21H31FN6.HI/c1-4-23-21(24-10-5-11-28-18(3)16-17(2)25-28)27-14-12-26(13-15-27)20-8-6-19(22)7-9-20;/h6-9,16H,4-5,10-15H2,1-3H3,(H,23,24);1H. The smallest absolute Gasteiger partial charge is 0.194 e. The molecule has 0 aliphatic carbocycles. The molecule has 1 fully saturated rings. The fourth-order valence-electron chi connectivity index (χ4n) is 3.56. The number of guanidine groups is 1. The van der Waals surface area contributed by atoms with Gasteiger partial charge in [0.1, 0.15) is 5.82 Å². The highest BCUT2D eigenvalue weighted by Gasteiger charge is 2.19. The second-order valence-corrected chi connectivity index (χ2v) is 7.19. The Morgan fingerprint density at radius 2 is 1.83 bits per heavy atom. The first-order valence-electron chi connectivity index (χ1n) is 10.1. The highest BCUT2D eigenvalue weighted by Crippen LogP contribution is 2.17. The molecule has 1 N–H and O–H groups in total. The van der Waals surface area contributed by atoms with Crippen molar-refractivity contribution in [2.45, 2.75) is 33.7 Å². The number of benzene rings is 1. The summed E-state index contributed by atoms with van der Waals surface area (Å²) >= 11 is 0. The van der Waals surface area contributed by atoms with E-state index in [1.54, 1.807) is 0 Å². The quantitative estimate of drug-likeness (QED) is 0.278. The van der Waals surface area contributed by atoms with Gasteiger partial charge < -0.3 is 15.1 Å². The van der Waals surface area contributed by atoms with Crippen molar-refractivity contribution in [3.63, 3.8) is 0 Å². The first kappa shape index (κ1) is 23.4. The maximum atomic E-state index is 13.1. The van der Waals surface area contributed by atoms with Gasteiger partial charge in [0.2, 0.25) is 0 Å². The van der Waals surface area contributed by atoms with Gasteiger partial charge in [-0.1, -0.05) is 0 Å². The van der Waals surface area contributed by atoms with E-state index in [0.717, 1.165) is 69.6 Å². The summed E-state index contributed by atoms with van der Waals surface area (Å²) in [7, 11) is 0. The van der Waals surface area contributed by atoms with E-state index in [1.807, 2.05) is 19.1 Å². The SMILES string of the molecule is CCNC(=NCCCn1nc(C)cc1C)N1CCN(c2ccc(F)cc2)CC1.I. The highest BCUT2D eigenvalue weighted by atomic mass is 127. The van der Waals surface area contributed by atoms with E-state index >= 15 is 0 Å². The Balaban J connectivity index is 0.00000300. The van der Waals surface area contributed by atoms with Crippen LogP contribution in [-0.2, 0) is 6.54 Å². The number of hydrogen-bond donors (Lipinski definition) is 1. The lowest BCUT2D eigenvalue weighted by atomic mass is 10.2. The number of anilines is 1. The maximum absolute atomic E-state index is 13.1. The van der Waals surface area contributed by atoms with Crippen molar-refractivity contribution in [3.05, 3.63) is 47.5 Å². The molecule has 0 radical (unpaired) electrons. The number of nitrogens with zero attached hydrogens (tertiary/aromatic N) is 5. The summed E-state index contributed by atoms with van der Waals surface area (Å²) in [6.07, 6.45) is 0.965. The Morgan fingerprint density at radius 1 is 1.14 bits per heavy atom. The van der Waals surface area contributed by atoms with Crippen LogP contribution < -0.4 is 10.2 Å². The van der Waals surface area contributed by atoms with Crippen LogP contribution in [0.4, 0.5) is 10.1 Å². The molecule has 3 rings (SSSR count). The van der Waals surface area contributed by atoms with E-state index in [1.165, 1.54) is 17.8 Å². The van der Waals surface area contributed by atoms with Gasteiger partial charge in [0.05, 0.1) is 5.69 Å². The minimum Gasteiger partial charge on any atom is -0.368 e. The molecule has 0 atom stereocenters. The lowest BCUT2D eigenvalue weighted by molar-refractivity contribution is 0.372. The molecule has 1 aliphatic rings. The van der Waals surface area contributed by atoms with Crippen molar-refractivity contribution in [1.29, 1.82) is 0 Å². The Bertz CT molecular complexity index is 781. The van der Waals surface area contributed by atoms with Crippen molar-refractivity contribution in [2.24, 2.45) is 4.99 Å². The molecule has 0 bridgehead atoms. The van der Waals surface area contributed by atoms with Crippen LogP contribution in [0.25, 0.3) is 0 Å². The summed E-state index contributed by atoms with van der Waals surface area (Å²) in [5, 5.41) is 7.92. The Morgan fingerprint density at radius 3 is 2.41 bits per heavy atom. The van der Waals surface area contributed by atoms with Gasteiger partial charge in [0.15, 0.2) is 5.96 Å². The second kappa shape index (κ2) is 11.4. The predicted octanol–water partition coefficient (Wildman–Crippen LogP) is 3.43. The number of piperazine rings is 1. The Kier molecular flexibility index (Phi) is 9.19. The number of nitrogens with one attached hydrogen (secondary N) is 1. The molecule has 2 aromatic rings. The molecule has 29 heavy (non-hydrogen) atoms. The van der Waals surface area contributed by atoms with E-state index in [-0.39, 0.29) is 29.8 Å².